The highest BCUT2D eigenvalue weighted by molar-refractivity contribution is 6.12. The summed E-state index contributed by atoms with van der Waals surface area (Å²) in [7, 11) is 0. The number of para-hydroxylation sites is 1. The Balaban J connectivity index is 1.15. The fraction of sp³-hybridized carbons (Fsp3) is 0. The molecule has 0 spiro atoms. The molecule has 224 valence electrons. The van der Waals surface area contributed by atoms with Gasteiger partial charge in [-0.3, -0.25) is 0 Å². The first-order valence-electron chi connectivity index (χ1n) is 15.9. The zero-order valence-corrected chi connectivity index (χ0v) is 25.6. The third-order valence-corrected chi connectivity index (χ3v) is 9.14. The first-order valence-corrected chi connectivity index (χ1v) is 15.9. The zero-order chi connectivity index (χ0) is 31.6. The van der Waals surface area contributed by atoms with Gasteiger partial charge in [0.2, 0.25) is 0 Å². The average Bonchev–Trinajstić information content (AvgIpc) is 3.72. The van der Waals surface area contributed by atoms with Crippen LogP contribution in [0.1, 0.15) is 0 Å². The number of hydrogen-bond acceptors (Lipinski definition) is 5. The van der Waals surface area contributed by atoms with Gasteiger partial charge in [-0.05, 0) is 64.4 Å². The number of furan rings is 2. The van der Waals surface area contributed by atoms with E-state index in [0.29, 0.717) is 17.5 Å². The Kier molecular flexibility index (Phi) is 5.81. The Hall–Kier alpha value is -6.59. The summed E-state index contributed by atoms with van der Waals surface area (Å²) in [6, 6.07) is 51.7. The van der Waals surface area contributed by atoms with Crippen molar-refractivity contribution in [2.24, 2.45) is 0 Å². The molecule has 0 saturated heterocycles. The molecule has 5 heteroatoms. The molecule has 0 bridgehead atoms. The number of hydrogen-bond donors (Lipinski definition) is 0. The molecule has 0 aliphatic rings. The van der Waals surface area contributed by atoms with Crippen molar-refractivity contribution in [2.45, 2.75) is 0 Å². The van der Waals surface area contributed by atoms with Crippen LogP contribution >= 0.6 is 0 Å². The maximum Gasteiger partial charge on any atom is 0.164 e. The number of fused-ring (bicyclic) bond motifs is 7. The van der Waals surface area contributed by atoms with Crippen LogP contribution in [0.25, 0.3) is 99.9 Å². The molecule has 0 amide bonds. The highest BCUT2D eigenvalue weighted by Gasteiger charge is 2.19. The van der Waals surface area contributed by atoms with Crippen molar-refractivity contribution in [2.75, 3.05) is 0 Å². The smallest absolute Gasteiger partial charge is 0.164 e. The van der Waals surface area contributed by atoms with E-state index in [0.717, 1.165) is 66.1 Å². The van der Waals surface area contributed by atoms with E-state index in [4.69, 9.17) is 23.8 Å². The van der Waals surface area contributed by atoms with Crippen LogP contribution < -0.4 is 0 Å². The largest absolute Gasteiger partial charge is 0.456 e. The first kappa shape index (κ1) is 26.6. The van der Waals surface area contributed by atoms with Gasteiger partial charge in [0.1, 0.15) is 22.3 Å². The monoisotopic (exact) mass is 615 g/mol. The summed E-state index contributed by atoms with van der Waals surface area (Å²) in [6.45, 7) is 0. The van der Waals surface area contributed by atoms with Gasteiger partial charge in [-0.15, -0.1) is 0 Å². The van der Waals surface area contributed by atoms with Crippen molar-refractivity contribution in [3.63, 3.8) is 0 Å². The van der Waals surface area contributed by atoms with Crippen molar-refractivity contribution in [3.05, 3.63) is 152 Å². The molecule has 0 N–H and O–H groups in total. The highest BCUT2D eigenvalue weighted by Crippen LogP contribution is 2.38. The van der Waals surface area contributed by atoms with E-state index in [1.165, 1.54) is 16.3 Å². The molecule has 10 aromatic rings. The molecule has 0 radical (unpaired) electrons. The summed E-state index contributed by atoms with van der Waals surface area (Å²) in [5, 5.41) is 6.51. The minimum Gasteiger partial charge on any atom is -0.456 e. The molecule has 0 aliphatic carbocycles. The van der Waals surface area contributed by atoms with E-state index >= 15 is 0 Å². The van der Waals surface area contributed by atoms with Gasteiger partial charge in [0.05, 0.1) is 0 Å². The Morgan fingerprint density at radius 2 is 0.979 bits per heavy atom. The highest BCUT2D eigenvalue weighted by atomic mass is 16.3. The Labute approximate surface area is 274 Å². The van der Waals surface area contributed by atoms with Crippen molar-refractivity contribution < 1.29 is 8.83 Å². The third kappa shape index (κ3) is 4.22. The van der Waals surface area contributed by atoms with Crippen LogP contribution in [0, 0.1) is 0 Å². The molecule has 48 heavy (non-hydrogen) atoms. The maximum absolute atomic E-state index is 6.42. The molecule has 5 nitrogen and oxygen atoms in total. The van der Waals surface area contributed by atoms with Crippen LogP contribution in [0.15, 0.2) is 160 Å². The molecule has 10 rings (SSSR count). The first-order chi connectivity index (χ1) is 23.8. The van der Waals surface area contributed by atoms with E-state index in [2.05, 4.69) is 78.9 Å². The van der Waals surface area contributed by atoms with Crippen LogP contribution in [0.5, 0.6) is 0 Å². The second-order valence-corrected chi connectivity index (χ2v) is 12.0. The van der Waals surface area contributed by atoms with Crippen molar-refractivity contribution in [1.82, 2.24) is 15.0 Å². The molecule has 3 aromatic heterocycles. The van der Waals surface area contributed by atoms with E-state index in [-0.39, 0.29) is 0 Å². The molecule has 7 aromatic carbocycles. The van der Waals surface area contributed by atoms with Gasteiger partial charge in [0.25, 0.3) is 0 Å². The van der Waals surface area contributed by atoms with E-state index in [1.807, 2.05) is 72.8 Å². The quantitative estimate of drug-likeness (QED) is 0.197. The second-order valence-electron chi connectivity index (χ2n) is 12.0. The number of benzene rings is 7. The Bertz CT molecular complexity index is 2840. The van der Waals surface area contributed by atoms with Gasteiger partial charge in [0, 0.05) is 38.2 Å². The predicted octanol–water partition coefficient (Wildman–Crippen LogP) is 11.5. The van der Waals surface area contributed by atoms with Gasteiger partial charge in [0.15, 0.2) is 17.5 Å². The fourth-order valence-corrected chi connectivity index (χ4v) is 6.86. The summed E-state index contributed by atoms with van der Waals surface area (Å²) in [4.78, 5) is 15.1. The summed E-state index contributed by atoms with van der Waals surface area (Å²) in [5.74, 6) is 1.79. The summed E-state index contributed by atoms with van der Waals surface area (Å²) < 4.78 is 12.6. The van der Waals surface area contributed by atoms with Crippen LogP contribution in [0.3, 0.4) is 0 Å². The van der Waals surface area contributed by atoms with Crippen molar-refractivity contribution in [1.29, 1.82) is 0 Å². The summed E-state index contributed by atoms with van der Waals surface area (Å²) >= 11 is 0. The number of rotatable bonds is 4. The predicted molar refractivity (Wildman–Crippen MR) is 194 cm³/mol. The Morgan fingerprint density at radius 3 is 1.90 bits per heavy atom. The van der Waals surface area contributed by atoms with Gasteiger partial charge < -0.3 is 8.83 Å². The molecule has 0 atom stereocenters. The van der Waals surface area contributed by atoms with Gasteiger partial charge in [-0.25, -0.2) is 15.0 Å². The standard InChI is InChI=1S/C43H25N3O2/c1-2-11-27(12-3-1)41-44-42(46-43(45-41)34-17-9-19-38-40(34)33-15-6-7-18-36(33)47-38)29-21-23-37-35(24-29)32-22-20-28(25-39(32)48-37)31-16-8-13-26-10-4-5-14-30(26)31/h1-25H. The van der Waals surface area contributed by atoms with Gasteiger partial charge in [-0.1, -0.05) is 109 Å². The van der Waals surface area contributed by atoms with E-state index < -0.39 is 0 Å². The molecule has 3 heterocycles. The molecular formula is C43H25N3O2. The summed E-state index contributed by atoms with van der Waals surface area (Å²) in [5.41, 5.74) is 8.29. The van der Waals surface area contributed by atoms with E-state index in [1.54, 1.807) is 0 Å². The van der Waals surface area contributed by atoms with E-state index in [9.17, 15) is 0 Å². The molecule has 0 saturated carbocycles. The van der Waals surface area contributed by atoms with Crippen molar-refractivity contribution >= 4 is 54.6 Å². The molecular weight excluding hydrogens is 590 g/mol. The van der Waals surface area contributed by atoms with Gasteiger partial charge in [-0.2, -0.15) is 0 Å². The van der Waals surface area contributed by atoms with Gasteiger partial charge >= 0.3 is 0 Å². The summed E-state index contributed by atoms with van der Waals surface area (Å²) in [6.07, 6.45) is 0. The minimum absolute atomic E-state index is 0.590. The fourth-order valence-electron chi connectivity index (χ4n) is 6.86. The third-order valence-electron chi connectivity index (χ3n) is 9.14. The van der Waals surface area contributed by atoms with Crippen LogP contribution in [0.4, 0.5) is 0 Å². The lowest BCUT2D eigenvalue weighted by Crippen LogP contribution is -2.00. The zero-order valence-electron chi connectivity index (χ0n) is 25.6. The lowest BCUT2D eigenvalue weighted by Gasteiger charge is -2.09. The normalized spacial score (nSPS) is 11.8. The Morgan fingerprint density at radius 1 is 0.333 bits per heavy atom. The number of nitrogens with zero attached hydrogens (tertiary/aromatic N) is 3. The number of aromatic nitrogens is 3. The molecule has 0 fully saturated rings. The minimum atomic E-state index is 0.590. The topological polar surface area (TPSA) is 65.0 Å². The van der Waals surface area contributed by atoms with Crippen LogP contribution in [-0.4, -0.2) is 15.0 Å². The SMILES string of the molecule is c1ccc(-c2nc(-c3ccc4oc5cc(-c6cccc7ccccc67)ccc5c4c3)nc(-c3cccc4oc5ccccc5c34)n2)cc1. The average molecular weight is 616 g/mol. The maximum atomic E-state index is 6.42. The molecule has 0 aliphatic heterocycles. The van der Waals surface area contributed by atoms with Crippen LogP contribution in [0.2, 0.25) is 0 Å². The lowest BCUT2D eigenvalue weighted by molar-refractivity contribution is 0.668. The lowest BCUT2D eigenvalue weighted by atomic mass is 9.97. The van der Waals surface area contributed by atoms with Crippen molar-refractivity contribution in [3.8, 4) is 45.3 Å². The second kappa shape index (κ2) is 10.5. The van der Waals surface area contributed by atoms with Crippen LogP contribution in [-0.2, 0) is 0 Å². The molecule has 0 unspecified atom stereocenters.